The molecule has 0 spiro atoms. The number of aryl methyl sites for hydroxylation is 1. The topological polar surface area (TPSA) is 51.8 Å². The second kappa shape index (κ2) is 6.02. The average molecular weight is 334 g/mol. The molecule has 0 aliphatic heterocycles. The van der Waals surface area contributed by atoms with Gasteiger partial charge in [0.2, 0.25) is 0 Å². The van der Waals surface area contributed by atoms with Gasteiger partial charge in [-0.3, -0.25) is 0 Å². The predicted octanol–water partition coefficient (Wildman–Crippen LogP) is 3.84. The molecule has 2 rings (SSSR count). The van der Waals surface area contributed by atoms with Crippen LogP contribution in [0.2, 0.25) is 0 Å². The zero-order valence-corrected chi connectivity index (χ0v) is 13.7. The molecule has 2 aromatic rings. The van der Waals surface area contributed by atoms with E-state index in [2.05, 4.69) is 40.8 Å². The van der Waals surface area contributed by atoms with Crippen molar-refractivity contribution < 1.29 is 0 Å². The Bertz CT molecular complexity index is 608. The Morgan fingerprint density at radius 1 is 1.20 bits per heavy atom. The van der Waals surface area contributed by atoms with Crippen molar-refractivity contribution in [1.82, 2.24) is 9.97 Å². The monoisotopic (exact) mass is 333 g/mol. The number of hydrogen-bond acceptors (Lipinski definition) is 3. The van der Waals surface area contributed by atoms with Gasteiger partial charge >= 0.3 is 0 Å². The first-order valence-corrected chi connectivity index (χ1v) is 7.54. The van der Waals surface area contributed by atoms with E-state index in [0.717, 1.165) is 33.7 Å². The van der Waals surface area contributed by atoms with Gasteiger partial charge in [-0.25, -0.2) is 9.97 Å². The Kier molecular flexibility index (Phi) is 4.55. The molecule has 0 amide bonds. The van der Waals surface area contributed by atoms with Crippen LogP contribution in [0.3, 0.4) is 0 Å². The molecule has 0 aliphatic carbocycles. The number of nitrogens with zero attached hydrogens (tertiary/aromatic N) is 2. The lowest BCUT2D eigenvalue weighted by molar-refractivity contribution is 0.456. The van der Waals surface area contributed by atoms with Crippen molar-refractivity contribution in [1.29, 1.82) is 0 Å². The van der Waals surface area contributed by atoms with Gasteiger partial charge in [0, 0.05) is 21.1 Å². The lowest BCUT2D eigenvalue weighted by Crippen LogP contribution is -2.25. The molecule has 106 valence electrons. The van der Waals surface area contributed by atoms with E-state index in [-0.39, 0.29) is 5.41 Å². The molecule has 2 N–H and O–H groups in total. The van der Waals surface area contributed by atoms with E-state index >= 15 is 0 Å². The van der Waals surface area contributed by atoms with Gasteiger partial charge in [-0.1, -0.05) is 48.0 Å². The Hall–Kier alpha value is -1.26. The molecular formula is C16H20BrN3. The summed E-state index contributed by atoms with van der Waals surface area (Å²) in [4.78, 5) is 9.36. The van der Waals surface area contributed by atoms with E-state index in [1.165, 1.54) is 0 Å². The van der Waals surface area contributed by atoms with Crippen LogP contribution in [0.25, 0.3) is 11.3 Å². The molecule has 0 bridgehead atoms. The molecule has 0 fully saturated rings. The largest absolute Gasteiger partial charge is 0.330 e. The molecule has 20 heavy (non-hydrogen) atoms. The van der Waals surface area contributed by atoms with Crippen LogP contribution in [0.4, 0.5) is 0 Å². The smallest absolute Gasteiger partial charge is 0.134 e. The van der Waals surface area contributed by atoms with Gasteiger partial charge in [0.1, 0.15) is 5.82 Å². The number of rotatable bonds is 4. The summed E-state index contributed by atoms with van der Waals surface area (Å²) in [5, 5.41) is 0. The predicted molar refractivity (Wildman–Crippen MR) is 86.6 cm³/mol. The van der Waals surface area contributed by atoms with E-state index in [4.69, 9.17) is 10.7 Å². The minimum Gasteiger partial charge on any atom is -0.330 e. The molecule has 0 aliphatic rings. The lowest BCUT2D eigenvalue weighted by Gasteiger charge is -2.23. The molecular weight excluding hydrogens is 314 g/mol. The van der Waals surface area contributed by atoms with Crippen molar-refractivity contribution in [2.75, 3.05) is 6.54 Å². The first kappa shape index (κ1) is 15.1. The van der Waals surface area contributed by atoms with Crippen LogP contribution in [0, 0.1) is 6.92 Å². The minimum absolute atomic E-state index is 0.114. The summed E-state index contributed by atoms with van der Waals surface area (Å²) in [7, 11) is 0. The minimum atomic E-state index is -0.114. The SMILES string of the molecule is Cc1cc(-c2ccccc2Br)nc(C(C)(C)CCN)n1. The molecule has 0 saturated heterocycles. The molecule has 0 atom stereocenters. The van der Waals surface area contributed by atoms with Gasteiger partial charge in [0.15, 0.2) is 0 Å². The summed E-state index contributed by atoms with van der Waals surface area (Å²) in [5.74, 6) is 0.855. The van der Waals surface area contributed by atoms with E-state index in [1.54, 1.807) is 0 Å². The molecule has 1 aromatic carbocycles. The van der Waals surface area contributed by atoms with E-state index in [1.807, 2.05) is 31.2 Å². The molecule has 0 radical (unpaired) electrons. The number of benzene rings is 1. The van der Waals surface area contributed by atoms with Crippen LogP contribution in [-0.4, -0.2) is 16.5 Å². The molecule has 1 aromatic heterocycles. The number of aromatic nitrogens is 2. The fourth-order valence-electron chi connectivity index (χ4n) is 2.15. The molecule has 0 unspecified atom stereocenters. The van der Waals surface area contributed by atoms with Gasteiger partial charge < -0.3 is 5.73 Å². The van der Waals surface area contributed by atoms with Crippen LogP contribution in [0.5, 0.6) is 0 Å². The lowest BCUT2D eigenvalue weighted by atomic mass is 9.88. The maximum absolute atomic E-state index is 5.70. The second-order valence-corrected chi connectivity index (χ2v) is 6.47. The highest BCUT2D eigenvalue weighted by atomic mass is 79.9. The third-order valence-electron chi connectivity index (χ3n) is 3.38. The van der Waals surface area contributed by atoms with E-state index < -0.39 is 0 Å². The van der Waals surface area contributed by atoms with Crippen LogP contribution in [-0.2, 0) is 5.41 Å². The maximum atomic E-state index is 5.70. The summed E-state index contributed by atoms with van der Waals surface area (Å²) in [6, 6.07) is 10.1. The highest BCUT2D eigenvalue weighted by molar-refractivity contribution is 9.10. The van der Waals surface area contributed by atoms with Crippen molar-refractivity contribution >= 4 is 15.9 Å². The molecule has 0 saturated carbocycles. The van der Waals surface area contributed by atoms with Crippen LogP contribution < -0.4 is 5.73 Å². The summed E-state index contributed by atoms with van der Waals surface area (Å²) in [5.41, 5.74) is 8.60. The van der Waals surface area contributed by atoms with Gasteiger partial charge in [-0.15, -0.1) is 0 Å². The average Bonchev–Trinajstić information content (AvgIpc) is 2.38. The normalized spacial score (nSPS) is 11.7. The third-order valence-corrected chi connectivity index (χ3v) is 4.07. The van der Waals surface area contributed by atoms with Crippen molar-refractivity contribution in [3.05, 3.63) is 46.3 Å². The van der Waals surface area contributed by atoms with Crippen molar-refractivity contribution in [3.63, 3.8) is 0 Å². The first-order valence-electron chi connectivity index (χ1n) is 6.75. The summed E-state index contributed by atoms with van der Waals surface area (Å²) >= 11 is 3.58. The van der Waals surface area contributed by atoms with Gasteiger partial charge in [0.05, 0.1) is 5.69 Å². The van der Waals surface area contributed by atoms with Gasteiger partial charge in [-0.2, -0.15) is 0 Å². The third kappa shape index (κ3) is 3.25. The Morgan fingerprint density at radius 2 is 1.90 bits per heavy atom. The quantitative estimate of drug-likeness (QED) is 0.924. The summed E-state index contributed by atoms with van der Waals surface area (Å²) < 4.78 is 1.04. The number of hydrogen-bond donors (Lipinski definition) is 1. The first-order chi connectivity index (χ1) is 9.44. The molecule has 3 nitrogen and oxygen atoms in total. The number of halogens is 1. The van der Waals surface area contributed by atoms with Gasteiger partial charge in [-0.05, 0) is 32.0 Å². The highest BCUT2D eigenvalue weighted by Crippen LogP contribution is 2.30. The zero-order chi connectivity index (χ0) is 14.8. The standard InChI is InChI=1S/C16H20BrN3/c1-11-10-14(12-6-4-5-7-13(12)17)20-15(19-11)16(2,3)8-9-18/h4-7,10H,8-9,18H2,1-3H3. The number of nitrogens with two attached hydrogens (primary N) is 1. The zero-order valence-electron chi connectivity index (χ0n) is 12.2. The second-order valence-electron chi connectivity index (χ2n) is 5.62. The Morgan fingerprint density at radius 3 is 2.55 bits per heavy atom. The maximum Gasteiger partial charge on any atom is 0.134 e. The van der Waals surface area contributed by atoms with Crippen LogP contribution in [0.15, 0.2) is 34.8 Å². The van der Waals surface area contributed by atoms with Crippen LogP contribution >= 0.6 is 15.9 Å². The van der Waals surface area contributed by atoms with Crippen LogP contribution in [0.1, 0.15) is 31.8 Å². The van der Waals surface area contributed by atoms with Crippen molar-refractivity contribution in [2.24, 2.45) is 5.73 Å². The van der Waals surface area contributed by atoms with Crippen molar-refractivity contribution in [2.45, 2.75) is 32.6 Å². The molecule has 1 heterocycles. The van der Waals surface area contributed by atoms with E-state index in [9.17, 15) is 0 Å². The Labute approximate surface area is 128 Å². The van der Waals surface area contributed by atoms with Gasteiger partial charge in [0.25, 0.3) is 0 Å². The van der Waals surface area contributed by atoms with E-state index in [0.29, 0.717) is 6.54 Å². The molecule has 4 heteroatoms. The fourth-order valence-corrected chi connectivity index (χ4v) is 2.64. The fraction of sp³-hybridized carbons (Fsp3) is 0.375. The highest BCUT2D eigenvalue weighted by Gasteiger charge is 2.24. The summed E-state index contributed by atoms with van der Waals surface area (Å²) in [6.45, 7) is 6.91. The summed E-state index contributed by atoms with van der Waals surface area (Å²) in [6.07, 6.45) is 0.867. The van der Waals surface area contributed by atoms with Crippen molar-refractivity contribution in [3.8, 4) is 11.3 Å². The Balaban J connectivity index is 2.52.